The van der Waals surface area contributed by atoms with Crippen LogP contribution in [0.4, 0.5) is 0 Å². The number of aromatic nitrogens is 1. The van der Waals surface area contributed by atoms with Crippen molar-refractivity contribution in [2.24, 2.45) is 5.92 Å². The predicted octanol–water partition coefficient (Wildman–Crippen LogP) is 3.54. The summed E-state index contributed by atoms with van der Waals surface area (Å²) in [5.74, 6) is -0.184. The van der Waals surface area contributed by atoms with Gasteiger partial charge in [-0.05, 0) is 18.1 Å². The van der Waals surface area contributed by atoms with E-state index in [-0.39, 0.29) is 23.1 Å². The molecule has 2 heterocycles. The van der Waals surface area contributed by atoms with E-state index in [9.17, 15) is 9.59 Å². The quantitative estimate of drug-likeness (QED) is 0.743. The first-order valence-corrected chi connectivity index (χ1v) is 11.8. The lowest BCUT2D eigenvalue weighted by Crippen LogP contribution is -2.56. The first kappa shape index (κ1) is 23.4. The molecule has 2 amide bonds. The van der Waals surface area contributed by atoms with Gasteiger partial charge in [0.25, 0.3) is 5.91 Å². The third-order valence-electron chi connectivity index (χ3n) is 5.52. The molecule has 1 N–H and O–H groups in total. The number of amides is 2. The molecule has 0 radical (unpaired) electrons. The van der Waals surface area contributed by atoms with Crippen LogP contribution in [0.2, 0.25) is 0 Å². The lowest BCUT2D eigenvalue weighted by Gasteiger charge is -2.37. The maximum atomic E-state index is 13.2. The zero-order chi connectivity index (χ0) is 22.6. The Morgan fingerprint density at radius 1 is 1.10 bits per heavy atom. The van der Waals surface area contributed by atoms with E-state index in [2.05, 4.69) is 36.4 Å². The van der Waals surface area contributed by atoms with Crippen LogP contribution in [0.15, 0.2) is 35.7 Å². The minimum absolute atomic E-state index is 0.00242. The predicted molar refractivity (Wildman–Crippen MR) is 125 cm³/mol. The summed E-state index contributed by atoms with van der Waals surface area (Å²) in [6, 6.07) is 8.53. The first-order valence-electron chi connectivity index (χ1n) is 11.0. The number of carbonyl (C=O) groups is 2. The molecule has 2 aromatic rings. The topological polar surface area (TPSA) is 65.5 Å². The highest BCUT2D eigenvalue weighted by atomic mass is 32.1. The van der Waals surface area contributed by atoms with E-state index in [0.29, 0.717) is 18.7 Å². The molecule has 0 spiro atoms. The average molecular weight is 443 g/mol. The number of nitrogens with zero attached hydrogens (tertiary/aromatic N) is 3. The smallest absolute Gasteiger partial charge is 0.251 e. The molecule has 31 heavy (non-hydrogen) atoms. The van der Waals surface area contributed by atoms with Crippen molar-refractivity contribution in [1.29, 1.82) is 0 Å². The normalized spacial score (nSPS) is 16.4. The summed E-state index contributed by atoms with van der Waals surface area (Å²) < 4.78 is 0. The standard InChI is InChI=1S/C24H34N4O2S/c1-17(2)20(26-21(29)18-9-7-6-8-10-18)22(30)28-13-11-27(12-14-28)15-19-16-31-23(25-19)24(3,4)5/h6-10,16-17,20H,11-15H2,1-5H3,(H,26,29)/t20-/m1/s1. The van der Waals surface area contributed by atoms with Crippen molar-refractivity contribution < 1.29 is 9.59 Å². The third kappa shape index (κ3) is 6.14. The van der Waals surface area contributed by atoms with E-state index < -0.39 is 6.04 Å². The number of rotatable bonds is 6. The Hall–Kier alpha value is -2.25. The van der Waals surface area contributed by atoms with Gasteiger partial charge in [0, 0.05) is 49.1 Å². The summed E-state index contributed by atoms with van der Waals surface area (Å²) in [5, 5.41) is 6.25. The molecule has 6 nitrogen and oxygen atoms in total. The largest absolute Gasteiger partial charge is 0.340 e. The molecular formula is C24H34N4O2S. The molecular weight excluding hydrogens is 408 g/mol. The summed E-state index contributed by atoms with van der Waals surface area (Å²) in [5.41, 5.74) is 1.75. The van der Waals surface area contributed by atoms with Gasteiger partial charge in [-0.1, -0.05) is 52.8 Å². The van der Waals surface area contributed by atoms with E-state index >= 15 is 0 Å². The van der Waals surface area contributed by atoms with Crippen LogP contribution in [0.1, 0.15) is 55.7 Å². The number of hydrogen-bond acceptors (Lipinski definition) is 5. The van der Waals surface area contributed by atoms with Crippen LogP contribution in [0.3, 0.4) is 0 Å². The van der Waals surface area contributed by atoms with Crippen molar-refractivity contribution in [3.63, 3.8) is 0 Å². The number of benzene rings is 1. The second-order valence-corrected chi connectivity index (χ2v) is 10.4. The Morgan fingerprint density at radius 3 is 2.29 bits per heavy atom. The van der Waals surface area contributed by atoms with Crippen LogP contribution in [0.25, 0.3) is 0 Å². The van der Waals surface area contributed by atoms with Crippen molar-refractivity contribution in [2.45, 2.75) is 52.6 Å². The monoisotopic (exact) mass is 442 g/mol. The molecule has 1 aliphatic rings. The molecule has 3 rings (SSSR count). The number of piperazine rings is 1. The molecule has 1 aliphatic heterocycles. The molecule has 1 aromatic heterocycles. The summed E-state index contributed by atoms with van der Waals surface area (Å²) in [6.45, 7) is 14.3. The van der Waals surface area contributed by atoms with E-state index in [4.69, 9.17) is 4.98 Å². The lowest BCUT2D eigenvalue weighted by atomic mass is 9.98. The maximum absolute atomic E-state index is 13.2. The highest BCUT2D eigenvalue weighted by Gasteiger charge is 2.31. The molecule has 1 saturated heterocycles. The SMILES string of the molecule is CC(C)[C@@H](NC(=O)c1ccccc1)C(=O)N1CCN(Cc2csc(C(C)(C)C)n2)CC1. The summed E-state index contributed by atoms with van der Waals surface area (Å²) in [4.78, 5) is 34.8. The van der Waals surface area contributed by atoms with E-state index in [1.807, 2.05) is 36.9 Å². The zero-order valence-corrected chi connectivity index (χ0v) is 20.0. The Bertz CT molecular complexity index is 880. The molecule has 0 saturated carbocycles. The summed E-state index contributed by atoms with van der Waals surface area (Å²) in [7, 11) is 0. The average Bonchev–Trinajstić information content (AvgIpc) is 3.21. The van der Waals surface area contributed by atoms with Gasteiger partial charge in [-0.3, -0.25) is 14.5 Å². The molecule has 1 fully saturated rings. The van der Waals surface area contributed by atoms with Crippen LogP contribution < -0.4 is 5.32 Å². The summed E-state index contributed by atoms with van der Waals surface area (Å²) in [6.07, 6.45) is 0. The van der Waals surface area contributed by atoms with Crippen LogP contribution in [0, 0.1) is 5.92 Å². The minimum atomic E-state index is -0.521. The maximum Gasteiger partial charge on any atom is 0.251 e. The van der Waals surface area contributed by atoms with Gasteiger partial charge in [0.2, 0.25) is 5.91 Å². The van der Waals surface area contributed by atoms with Crippen LogP contribution in [-0.2, 0) is 16.8 Å². The number of carbonyl (C=O) groups excluding carboxylic acids is 2. The van der Waals surface area contributed by atoms with Gasteiger partial charge in [-0.25, -0.2) is 4.98 Å². The fraction of sp³-hybridized carbons (Fsp3) is 0.542. The molecule has 1 aromatic carbocycles. The Morgan fingerprint density at radius 2 is 1.74 bits per heavy atom. The Labute approximate surface area is 189 Å². The first-order chi connectivity index (χ1) is 14.6. The van der Waals surface area contributed by atoms with Crippen molar-refractivity contribution in [3.05, 3.63) is 52.0 Å². The highest BCUT2D eigenvalue weighted by molar-refractivity contribution is 7.09. The van der Waals surface area contributed by atoms with Crippen LogP contribution in [-0.4, -0.2) is 58.8 Å². The van der Waals surface area contributed by atoms with Crippen molar-refractivity contribution in [2.75, 3.05) is 26.2 Å². The van der Waals surface area contributed by atoms with Crippen LogP contribution >= 0.6 is 11.3 Å². The molecule has 0 unspecified atom stereocenters. The van der Waals surface area contributed by atoms with Gasteiger partial charge in [0.1, 0.15) is 6.04 Å². The molecule has 0 bridgehead atoms. The second kappa shape index (κ2) is 9.92. The van der Waals surface area contributed by atoms with Crippen molar-refractivity contribution >= 4 is 23.2 Å². The zero-order valence-electron chi connectivity index (χ0n) is 19.2. The number of nitrogens with one attached hydrogen (secondary N) is 1. The van der Waals surface area contributed by atoms with Crippen molar-refractivity contribution in [3.8, 4) is 0 Å². The minimum Gasteiger partial charge on any atom is -0.340 e. The Balaban J connectivity index is 1.55. The van der Waals surface area contributed by atoms with E-state index in [1.165, 1.54) is 0 Å². The van der Waals surface area contributed by atoms with Crippen molar-refractivity contribution in [1.82, 2.24) is 20.1 Å². The number of thiazole rings is 1. The van der Waals surface area contributed by atoms with Gasteiger partial charge in [-0.2, -0.15) is 0 Å². The second-order valence-electron chi connectivity index (χ2n) is 9.56. The van der Waals surface area contributed by atoms with Gasteiger partial charge in [-0.15, -0.1) is 11.3 Å². The van der Waals surface area contributed by atoms with E-state index in [0.717, 1.165) is 30.3 Å². The van der Waals surface area contributed by atoms with Crippen LogP contribution in [0.5, 0.6) is 0 Å². The molecule has 168 valence electrons. The van der Waals surface area contributed by atoms with E-state index in [1.54, 1.807) is 23.5 Å². The molecule has 1 atom stereocenters. The number of hydrogen-bond donors (Lipinski definition) is 1. The highest BCUT2D eigenvalue weighted by Crippen LogP contribution is 2.26. The molecule has 7 heteroatoms. The third-order valence-corrected chi connectivity index (χ3v) is 6.84. The van der Waals surface area contributed by atoms with Gasteiger partial charge < -0.3 is 10.2 Å². The molecule has 0 aliphatic carbocycles. The fourth-order valence-electron chi connectivity index (χ4n) is 3.60. The Kier molecular flexibility index (Phi) is 7.49. The fourth-order valence-corrected chi connectivity index (χ4v) is 4.50. The van der Waals surface area contributed by atoms with Gasteiger partial charge >= 0.3 is 0 Å². The van der Waals surface area contributed by atoms with Gasteiger partial charge in [0.15, 0.2) is 0 Å². The summed E-state index contributed by atoms with van der Waals surface area (Å²) >= 11 is 1.72. The lowest BCUT2D eigenvalue weighted by molar-refractivity contribution is -0.136. The van der Waals surface area contributed by atoms with Gasteiger partial charge in [0.05, 0.1) is 10.7 Å².